The molecule has 2 rings (SSSR count). The summed E-state index contributed by atoms with van der Waals surface area (Å²) < 4.78 is 0. The molecule has 1 saturated carbocycles. The second-order valence-corrected chi connectivity index (χ2v) is 5.12. The highest BCUT2D eigenvalue weighted by Gasteiger charge is 2.39. The zero-order valence-corrected chi connectivity index (χ0v) is 10.9. The average Bonchev–Trinajstić information content (AvgIpc) is 2.27. The van der Waals surface area contributed by atoms with Crippen molar-refractivity contribution in [1.29, 1.82) is 0 Å². The molecule has 0 aliphatic heterocycles. The van der Waals surface area contributed by atoms with Crippen molar-refractivity contribution in [1.82, 2.24) is 15.2 Å². The second kappa shape index (κ2) is 4.94. The summed E-state index contributed by atoms with van der Waals surface area (Å²) >= 11 is 0. The van der Waals surface area contributed by atoms with E-state index < -0.39 is 0 Å². The Labute approximate surface area is 107 Å². The van der Waals surface area contributed by atoms with Crippen molar-refractivity contribution in [3.05, 3.63) is 24.0 Å². The molecule has 98 valence electrons. The van der Waals surface area contributed by atoms with Gasteiger partial charge in [0.05, 0.1) is 17.4 Å². The number of rotatable bonds is 4. The van der Waals surface area contributed by atoms with E-state index in [1.54, 1.807) is 12.3 Å². The van der Waals surface area contributed by atoms with Gasteiger partial charge in [0, 0.05) is 18.3 Å². The molecule has 5 heteroatoms. The van der Waals surface area contributed by atoms with Gasteiger partial charge in [0.25, 0.3) is 5.91 Å². The Balaban J connectivity index is 1.99. The minimum Gasteiger partial charge on any atom is -0.397 e. The quantitative estimate of drug-likeness (QED) is 0.829. The summed E-state index contributed by atoms with van der Waals surface area (Å²) in [6.45, 7) is 0.667. The molecule has 0 radical (unpaired) electrons. The highest BCUT2D eigenvalue weighted by Crippen LogP contribution is 2.35. The molecule has 1 fully saturated rings. The first-order valence-electron chi connectivity index (χ1n) is 6.20. The minimum absolute atomic E-state index is 0.122. The maximum Gasteiger partial charge on any atom is 0.253 e. The first-order valence-corrected chi connectivity index (χ1v) is 6.20. The average molecular weight is 248 g/mol. The third kappa shape index (κ3) is 2.31. The van der Waals surface area contributed by atoms with Crippen LogP contribution in [0, 0.1) is 0 Å². The van der Waals surface area contributed by atoms with Gasteiger partial charge in [-0.3, -0.25) is 9.78 Å². The van der Waals surface area contributed by atoms with E-state index in [1.807, 2.05) is 0 Å². The van der Waals surface area contributed by atoms with Gasteiger partial charge in [0.15, 0.2) is 0 Å². The summed E-state index contributed by atoms with van der Waals surface area (Å²) in [5.41, 5.74) is 6.77. The van der Waals surface area contributed by atoms with Crippen molar-refractivity contribution in [2.75, 3.05) is 26.4 Å². The maximum absolute atomic E-state index is 12.0. The summed E-state index contributed by atoms with van der Waals surface area (Å²) in [7, 11) is 4.12. The predicted octanol–water partition coefficient (Wildman–Crippen LogP) is 0.878. The SMILES string of the molecule is CN(C)C1(CNC(=O)c2ccncc2N)CCC1. The fourth-order valence-corrected chi connectivity index (χ4v) is 2.32. The summed E-state index contributed by atoms with van der Waals surface area (Å²) in [6.07, 6.45) is 6.57. The smallest absolute Gasteiger partial charge is 0.253 e. The van der Waals surface area contributed by atoms with E-state index in [4.69, 9.17) is 5.73 Å². The number of hydrogen-bond acceptors (Lipinski definition) is 4. The van der Waals surface area contributed by atoms with Crippen LogP contribution < -0.4 is 11.1 Å². The van der Waals surface area contributed by atoms with Gasteiger partial charge in [-0.25, -0.2) is 0 Å². The third-order valence-corrected chi connectivity index (χ3v) is 3.91. The van der Waals surface area contributed by atoms with Gasteiger partial charge in [-0.15, -0.1) is 0 Å². The molecule has 1 aliphatic rings. The molecule has 1 aliphatic carbocycles. The van der Waals surface area contributed by atoms with E-state index in [-0.39, 0.29) is 11.4 Å². The van der Waals surface area contributed by atoms with Crippen LogP contribution in [0.5, 0.6) is 0 Å². The van der Waals surface area contributed by atoms with Gasteiger partial charge in [-0.05, 0) is 39.4 Å². The number of carbonyl (C=O) groups is 1. The second-order valence-electron chi connectivity index (χ2n) is 5.12. The normalized spacial score (nSPS) is 17.3. The highest BCUT2D eigenvalue weighted by atomic mass is 16.1. The number of carbonyl (C=O) groups excluding carboxylic acids is 1. The van der Waals surface area contributed by atoms with E-state index >= 15 is 0 Å². The molecule has 5 nitrogen and oxygen atoms in total. The van der Waals surface area contributed by atoms with Crippen LogP contribution in [0.15, 0.2) is 18.5 Å². The Morgan fingerprint density at radius 2 is 2.28 bits per heavy atom. The number of aromatic nitrogens is 1. The molecule has 0 spiro atoms. The van der Waals surface area contributed by atoms with E-state index in [1.165, 1.54) is 12.6 Å². The number of pyridine rings is 1. The molecule has 0 aromatic carbocycles. The number of nitrogens with two attached hydrogens (primary N) is 1. The van der Waals surface area contributed by atoms with Crippen LogP contribution in [0.1, 0.15) is 29.6 Å². The lowest BCUT2D eigenvalue weighted by molar-refractivity contribution is 0.0558. The van der Waals surface area contributed by atoms with Crippen LogP contribution in [0.2, 0.25) is 0 Å². The molecule has 0 bridgehead atoms. The molecule has 1 aromatic heterocycles. The van der Waals surface area contributed by atoms with Crippen LogP contribution in [0.3, 0.4) is 0 Å². The third-order valence-electron chi connectivity index (χ3n) is 3.91. The number of amides is 1. The lowest BCUT2D eigenvalue weighted by Crippen LogP contribution is -2.57. The monoisotopic (exact) mass is 248 g/mol. The molecule has 1 amide bonds. The Bertz CT molecular complexity index is 440. The molecule has 18 heavy (non-hydrogen) atoms. The van der Waals surface area contributed by atoms with Gasteiger partial charge in [-0.1, -0.05) is 0 Å². The van der Waals surface area contributed by atoms with Crippen molar-refractivity contribution >= 4 is 11.6 Å². The number of nitrogen functional groups attached to an aromatic ring is 1. The predicted molar refractivity (Wildman–Crippen MR) is 71.3 cm³/mol. The number of anilines is 1. The number of nitrogens with zero attached hydrogens (tertiary/aromatic N) is 2. The standard InChI is InChI=1S/C13H20N4O/c1-17(2)13(5-3-6-13)9-16-12(18)10-4-7-15-8-11(10)14/h4,7-8H,3,5-6,9,14H2,1-2H3,(H,16,18). The molecule has 0 unspecified atom stereocenters. The van der Waals surface area contributed by atoms with Crippen LogP contribution in [-0.2, 0) is 0 Å². The Morgan fingerprint density at radius 3 is 2.78 bits per heavy atom. The van der Waals surface area contributed by atoms with Gasteiger partial charge in [0.1, 0.15) is 0 Å². The summed E-state index contributed by atoms with van der Waals surface area (Å²) in [4.78, 5) is 18.1. The Morgan fingerprint density at radius 1 is 1.56 bits per heavy atom. The van der Waals surface area contributed by atoms with Crippen LogP contribution in [0.25, 0.3) is 0 Å². The molecular formula is C13H20N4O. The molecule has 0 saturated heterocycles. The first kappa shape index (κ1) is 12.8. The number of likely N-dealkylation sites (N-methyl/N-ethyl adjacent to an activating group) is 1. The highest BCUT2D eigenvalue weighted by molar-refractivity contribution is 5.98. The van der Waals surface area contributed by atoms with Crippen LogP contribution in [0.4, 0.5) is 5.69 Å². The van der Waals surface area contributed by atoms with Crippen molar-refractivity contribution in [3.63, 3.8) is 0 Å². The van der Waals surface area contributed by atoms with E-state index in [9.17, 15) is 4.79 Å². The molecule has 1 heterocycles. The molecule has 3 N–H and O–H groups in total. The van der Waals surface area contributed by atoms with Gasteiger partial charge in [-0.2, -0.15) is 0 Å². The van der Waals surface area contributed by atoms with Crippen molar-refractivity contribution in [2.45, 2.75) is 24.8 Å². The summed E-state index contributed by atoms with van der Waals surface area (Å²) in [5, 5.41) is 2.98. The van der Waals surface area contributed by atoms with Crippen LogP contribution in [-0.4, -0.2) is 42.0 Å². The zero-order valence-electron chi connectivity index (χ0n) is 10.9. The lowest BCUT2D eigenvalue weighted by atomic mass is 9.75. The first-order chi connectivity index (χ1) is 8.55. The fraction of sp³-hybridized carbons (Fsp3) is 0.538. The maximum atomic E-state index is 12.0. The van der Waals surface area contributed by atoms with Crippen molar-refractivity contribution in [2.24, 2.45) is 0 Å². The lowest BCUT2D eigenvalue weighted by Gasteiger charge is -2.47. The Hall–Kier alpha value is -1.62. The molecule has 1 aromatic rings. The van der Waals surface area contributed by atoms with E-state index in [0.29, 0.717) is 17.8 Å². The van der Waals surface area contributed by atoms with E-state index in [0.717, 1.165) is 12.8 Å². The topological polar surface area (TPSA) is 71.2 Å². The molecular weight excluding hydrogens is 228 g/mol. The van der Waals surface area contributed by atoms with Crippen LogP contribution >= 0.6 is 0 Å². The van der Waals surface area contributed by atoms with Gasteiger partial charge in [0.2, 0.25) is 0 Å². The van der Waals surface area contributed by atoms with Gasteiger partial charge >= 0.3 is 0 Å². The molecule has 0 atom stereocenters. The summed E-state index contributed by atoms with van der Waals surface area (Å²) in [6, 6.07) is 1.65. The largest absolute Gasteiger partial charge is 0.397 e. The Kier molecular flexibility index (Phi) is 3.52. The van der Waals surface area contributed by atoms with Crippen molar-refractivity contribution < 1.29 is 4.79 Å². The summed E-state index contributed by atoms with van der Waals surface area (Å²) in [5.74, 6) is -0.122. The fourth-order valence-electron chi connectivity index (χ4n) is 2.32. The zero-order chi connectivity index (χ0) is 13.2. The van der Waals surface area contributed by atoms with Crippen molar-refractivity contribution in [3.8, 4) is 0 Å². The minimum atomic E-state index is -0.122. The van der Waals surface area contributed by atoms with Gasteiger partial charge < -0.3 is 16.0 Å². The van der Waals surface area contributed by atoms with E-state index in [2.05, 4.69) is 29.3 Å². The number of nitrogens with one attached hydrogen (secondary N) is 1. The number of hydrogen-bond donors (Lipinski definition) is 2.